The molecule has 6 aromatic heterocycles. The van der Waals surface area contributed by atoms with Gasteiger partial charge in [0.2, 0.25) is 17.8 Å². The average molecular weight is 1780 g/mol. The van der Waals surface area contributed by atoms with Gasteiger partial charge in [-0.05, 0) is 96.1 Å². The van der Waals surface area contributed by atoms with Crippen molar-refractivity contribution in [1.29, 1.82) is 0 Å². The molecule has 37 nitrogen and oxygen atoms in total. The lowest BCUT2D eigenvalue weighted by Crippen LogP contribution is -2.44. The molecule has 3 aromatic carbocycles. The van der Waals surface area contributed by atoms with Gasteiger partial charge in [-0.3, -0.25) is 56.2 Å². The number of nitrogens with one attached hydrogen (secondary N) is 4. The molecule has 0 atom stereocenters. The Hall–Kier alpha value is -13.6. The molecule has 0 bridgehead atoms. The molecule has 4 aliphatic heterocycles. The summed E-state index contributed by atoms with van der Waals surface area (Å²) in [5, 5.41) is 44.2. The molecular weight excluding hydrogens is 1690 g/mol. The number of rotatable bonds is 19. The van der Waals surface area contributed by atoms with Crippen LogP contribution in [-0.2, 0) is 55.2 Å². The lowest BCUT2D eigenvalue weighted by atomic mass is 10.1. The first-order valence-corrected chi connectivity index (χ1v) is 38.8. The maximum absolute atomic E-state index is 13.5. The number of imidazole rings is 3. The van der Waals surface area contributed by atoms with Gasteiger partial charge in [-0.1, -0.05) is 60.2 Å². The molecule has 0 unspecified atom stereocenters. The van der Waals surface area contributed by atoms with Crippen LogP contribution in [0.1, 0.15) is 88.4 Å². The summed E-state index contributed by atoms with van der Waals surface area (Å²) in [5.74, 6) is 9.58. The number of piperazine rings is 3. The zero-order valence-electron chi connectivity index (χ0n) is 68.1. The van der Waals surface area contributed by atoms with Crippen LogP contribution in [0.4, 0.5) is 57.4 Å². The quantitative estimate of drug-likeness (QED) is 0.0208. The minimum Gasteiger partial charge on any atom is -0.478 e. The number of piperidine rings is 1. The molecular formula is C78H86F9N21O16S. The standard InChI is InChI=1S/C28H36N8O3.C23H25N7O4.C21H22N6O3S.3C2HF3O2/c1-3-4-17-36-23-24(31-27(36)35-19-12-29-13-20-35)32-28(33(2)26(23)38)39-22-11-7-6-10-21(22)25(37)30-14-18-34-15-8-5-9-16-34;1-4-5-10-30-18-20(26-22(30)29-11-8-25-9-12-29)27-23(28(3)21(18)33)34-17-7-6-15(14(2)31)13-16(17)19(24)32;1-3-4-11-27-16-17(23-20(27)26-12-9-22-10-13-26)24-21(25(2)18(16)28)31-15-8-6-5-7-14(15)19(29)30;3*3-2(4,5)1(6)7/h6-7,10-11,29H,5,8-9,12-20H2,1-2H3,(H,30,37);6-7,13,25H,8-12H2,1-3H3,(H2,24,32);5-8,22H,9-13H2,1-2H3,(H,29,30);3*(H,6,7). The fraction of sp³-hybridized carbons (Fsp3) is 0.410. The molecule has 13 rings (SSSR count). The SMILES string of the molecule is CC#CCn1c(N2CCNCC2)nc2nc(Oc3ccc(C(C)=O)cc3C(N)=O)n(C)c(=O)c21.CC#CCn1c(N2CCNCC2)nc2nc(Oc3ccccc3C(=O)NCCN3CCCCC3)n(C)c(=O)c21.CC#CCn1c(N2CCNCC2)nc2nc(Sc3ccccc3C(=O)O)n(C)c(=O)c21.O=C(O)C(F)(F)F.O=C(O)C(F)(F)F.O=C(O)C(F)(F)F. The van der Waals surface area contributed by atoms with E-state index in [1.165, 1.54) is 71.2 Å². The van der Waals surface area contributed by atoms with E-state index in [0.29, 0.717) is 98.8 Å². The number of ether oxygens (including phenoxy) is 2. The van der Waals surface area contributed by atoms with Crippen LogP contribution in [0.3, 0.4) is 0 Å². The molecule has 4 fully saturated rings. The van der Waals surface area contributed by atoms with Crippen LogP contribution in [0.5, 0.6) is 23.5 Å². The third kappa shape index (κ3) is 25.6. The molecule has 125 heavy (non-hydrogen) atoms. The summed E-state index contributed by atoms with van der Waals surface area (Å²) in [4.78, 5) is 152. The van der Waals surface area contributed by atoms with E-state index >= 15 is 0 Å². The maximum Gasteiger partial charge on any atom is 0.490 e. The van der Waals surface area contributed by atoms with Crippen molar-refractivity contribution in [3.63, 3.8) is 0 Å². The number of fused-ring (bicyclic) bond motifs is 3. The van der Waals surface area contributed by atoms with Gasteiger partial charge in [0.1, 0.15) is 11.5 Å². The predicted molar refractivity (Wildman–Crippen MR) is 437 cm³/mol. The molecule has 2 amide bonds. The van der Waals surface area contributed by atoms with E-state index in [-0.39, 0.29) is 62.9 Å². The van der Waals surface area contributed by atoms with E-state index in [9.17, 15) is 78.2 Å². The average Bonchev–Trinajstić information content (AvgIpc) is 1.62. The number of Topliss-reactive ketones (excluding diaryl/α,β-unsaturated/α-hetero) is 1. The van der Waals surface area contributed by atoms with E-state index in [2.05, 4.69) is 96.3 Å². The lowest BCUT2D eigenvalue weighted by molar-refractivity contribution is -0.193. The number of likely N-dealkylation sites (tertiary alicyclic amines) is 1. The fourth-order valence-electron chi connectivity index (χ4n) is 12.3. The Balaban J connectivity index is 0.000000208. The van der Waals surface area contributed by atoms with Gasteiger partial charge in [0.15, 0.2) is 44.4 Å². The number of carboxylic acid groups (broad SMARTS) is 4. The normalized spacial score (nSPS) is 14.0. The van der Waals surface area contributed by atoms with Crippen LogP contribution in [0.25, 0.3) is 33.5 Å². The van der Waals surface area contributed by atoms with Crippen LogP contribution in [0.2, 0.25) is 0 Å². The second-order valence-electron chi connectivity index (χ2n) is 27.1. The number of hydrogen-bond acceptors (Lipinski definition) is 26. The second kappa shape index (κ2) is 44.0. The first-order chi connectivity index (χ1) is 59.2. The Morgan fingerprint density at radius 2 is 0.864 bits per heavy atom. The van der Waals surface area contributed by atoms with E-state index in [4.69, 9.17) is 54.9 Å². The number of aromatic nitrogens is 12. The summed E-state index contributed by atoms with van der Waals surface area (Å²) in [6.45, 7) is 20.7. The molecule has 0 spiro atoms. The number of carboxylic acids is 4. The number of para-hydroxylation sites is 1. The van der Waals surface area contributed by atoms with Crippen molar-refractivity contribution in [3.8, 4) is 59.0 Å². The highest BCUT2D eigenvalue weighted by atomic mass is 32.2. The van der Waals surface area contributed by atoms with Gasteiger partial charge in [0.05, 0.1) is 36.3 Å². The van der Waals surface area contributed by atoms with Crippen LogP contribution >= 0.6 is 11.8 Å². The number of primary amides is 1. The maximum atomic E-state index is 13.5. The molecule has 0 saturated carbocycles. The Bertz CT molecular complexity index is 5790. The van der Waals surface area contributed by atoms with E-state index in [0.717, 1.165) is 110 Å². The zero-order valence-corrected chi connectivity index (χ0v) is 69.0. The first-order valence-electron chi connectivity index (χ1n) is 38.0. The molecule has 10 heterocycles. The van der Waals surface area contributed by atoms with Crippen molar-refractivity contribution >= 4 is 105 Å². The molecule has 47 heteroatoms. The highest BCUT2D eigenvalue weighted by Gasteiger charge is 2.40. The Labute approximate surface area is 708 Å². The van der Waals surface area contributed by atoms with Gasteiger partial charge in [-0.25, -0.2) is 24.2 Å². The van der Waals surface area contributed by atoms with Crippen molar-refractivity contribution in [3.05, 3.63) is 120 Å². The number of ketones is 1. The number of nitrogens with zero attached hydrogens (tertiary/aromatic N) is 16. The minimum atomic E-state index is -5.08. The number of benzene rings is 3. The number of amides is 2. The van der Waals surface area contributed by atoms with Crippen molar-refractivity contribution in [1.82, 2.24) is 83.5 Å². The van der Waals surface area contributed by atoms with Gasteiger partial charge in [0, 0.05) is 123 Å². The number of nitrogens with two attached hydrogens (primary N) is 1. The minimum absolute atomic E-state index is 0.00676. The number of anilines is 3. The largest absolute Gasteiger partial charge is 0.490 e. The second-order valence-corrected chi connectivity index (χ2v) is 28.1. The van der Waals surface area contributed by atoms with Crippen LogP contribution in [0, 0.1) is 35.5 Å². The third-order valence-corrected chi connectivity index (χ3v) is 19.7. The first kappa shape index (κ1) is 96.9. The van der Waals surface area contributed by atoms with E-state index < -0.39 is 48.3 Å². The summed E-state index contributed by atoms with van der Waals surface area (Å²) in [6.07, 6.45) is -11.6. The third-order valence-electron chi connectivity index (χ3n) is 18.6. The topological polar surface area (TPSA) is 464 Å². The molecule has 0 aliphatic carbocycles. The Morgan fingerprint density at radius 3 is 1.24 bits per heavy atom. The molecule has 0 radical (unpaired) electrons. The number of aliphatic carboxylic acids is 3. The van der Waals surface area contributed by atoms with Gasteiger partial charge in [0.25, 0.3) is 28.5 Å². The van der Waals surface area contributed by atoms with Crippen LogP contribution < -0.4 is 67.9 Å². The molecule has 10 N–H and O–H groups in total. The molecule has 4 saturated heterocycles. The number of carbonyl (C=O) groups is 7. The molecule has 668 valence electrons. The number of alkyl halides is 9. The fourth-order valence-corrected chi connectivity index (χ4v) is 13.3. The summed E-state index contributed by atoms with van der Waals surface area (Å²) in [5.41, 5.74) is 7.39. The summed E-state index contributed by atoms with van der Waals surface area (Å²) < 4.78 is 117. The number of halogens is 9. The van der Waals surface area contributed by atoms with Crippen LogP contribution in [-0.4, -0.2) is 247 Å². The predicted octanol–water partition coefficient (Wildman–Crippen LogP) is 5.54. The van der Waals surface area contributed by atoms with Crippen molar-refractivity contribution in [2.24, 2.45) is 26.9 Å². The number of carbonyl (C=O) groups excluding carboxylic acids is 3. The van der Waals surface area contributed by atoms with Crippen molar-refractivity contribution in [2.75, 3.05) is 119 Å². The van der Waals surface area contributed by atoms with Crippen LogP contribution in [0.15, 0.2) is 91.2 Å². The lowest BCUT2D eigenvalue weighted by Gasteiger charge is -2.28. The number of hydrogen-bond donors (Lipinski definition) is 9. The summed E-state index contributed by atoms with van der Waals surface area (Å²) in [7, 11) is 4.76. The molecule has 9 aromatic rings. The zero-order chi connectivity index (χ0) is 91.8. The van der Waals surface area contributed by atoms with E-state index in [1.807, 2.05) is 9.13 Å². The van der Waals surface area contributed by atoms with Gasteiger partial charge >= 0.3 is 54.4 Å². The smallest absolute Gasteiger partial charge is 0.478 e. The van der Waals surface area contributed by atoms with Gasteiger partial charge < -0.3 is 76.5 Å². The van der Waals surface area contributed by atoms with E-state index in [1.54, 1.807) is 81.9 Å². The van der Waals surface area contributed by atoms with Crippen molar-refractivity contribution in [2.45, 2.75) is 95.2 Å². The van der Waals surface area contributed by atoms with Gasteiger partial charge in [-0.15, -0.1) is 17.8 Å². The van der Waals surface area contributed by atoms with Crippen molar-refractivity contribution < 1.29 is 103 Å². The Morgan fingerprint density at radius 1 is 0.496 bits per heavy atom. The number of aromatic carboxylic acids is 1. The van der Waals surface area contributed by atoms with Gasteiger partial charge in [-0.2, -0.15) is 64.4 Å². The summed E-state index contributed by atoms with van der Waals surface area (Å²) in [6, 6.07) is 18.0. The Kier molecular flexibility index (Phi) is 34.1. The summed E-state index contributed by atoms with van der Waals surface area (Å²) >= 11 is 1.14. The highest BCUT2D eigenvalue weighted by Crippen LogP contribution is 2.33. The monoisotopic (exact) mass is 1780 g/mol. The highest BCUT2D eigenvalue weighted by molar-refractivity contribution is 7.99. The molecule has 4 aliphatic rings.